The molecule has 4 rings (SSSR count). The standard InChI is InChI=1S/C27H32ClN7O2S/c1-17(32-18(2)36)14-21(8-9-29)24-15-23(26(38-24)27-30-16-31-33-27)25(20-4-6-22(28)7-5-20)35-12-10-34(11-13-35)19(3)37/h4-9,14,16,24-25H,1,10-13,15,29H2,2-3H3,(H,32,36)(H,30,31,33)/b9-8-,21-14+. The second-order valence-corrected chi connectivity index (χ2v) is 10.9. The van der Waals surface area contributed by atoms with E-state index in [1.165, 1.54) is 18.7 Å². The Morgan fingerprint density at radius 2 is 1.95 bits per heavy atom. The van der Waals surface area contributed by atoms with E-state index in [0.717, 1.165) is 29.1 Å². The van der Waals surface area contributed by atoms with E-state index in [1.807, 2.05) is 29.2 Å². The molecule has 38 heavy (non-hydrogen) atoms. The lowest BCUT2D eigenvalue weighted by Gasteiger charge is -2.40. The fourth-order valence-corrected chi connectivity index (χ4v) is 6.41. The zero-order valence-electron chi connectivity index (χ0n) is 21.5. The number of allylic oxidation sites excluding steroid dienone is 2. The minimum Gasteiger partial charge on any atom is -0.405 e. The number of aromatic nitrogens is 3. The van der Waals surface area contributed by atoms with E-state index in [2.05, 4.69) is 44.1 Å². The number of hydrogen-bond acceptors (Lipinski definition) is 7. The van der Waals surface area contributed by atoms with Gasteiger partial charge in [-0.3, -0.25) is 14.5 Å². The number of nitrogens with two attached hydrogens (primary N) is 1. The van der Waals surface area contributed by atoms with Crippen molar-refractivity contribution >= 4 is 40.1 Å². The largest absolute Gasteiger partial charge is 0.405 e. The van der Waals surface area contributed by atoms with E-state index < -0.39 is 0 Å². The van der Waals surface area contributed by atoms with E-state index in [0.29, 0.717) is 36.1 Å². The van der Waals surface area contributed by atoms with Crippen LogP contribution in [-0.4, -0.2) is 68.2 Å². The third-order valence-corrected chi connectivity index (χ3v) is 8.23. The maximum absolute atomic E-state index is 12.0. The van der Waals surface area contributed by atoms with Crippen LogP contribution in [0.1, 0.15) is 37.7 Å². The maximum atomic E-state index is 12.0. The molecule has 1 saturated heterocycles. The summed E-state index contributed by atoms with van der Waals surface area (Å²) in [6.07, 6.45) is 7.48. The van der Waals surface area contributed by atoms with Gasteiger partial charge in [-0.05, 0) is 53.6 Å². The molecule has 0 bridgehead atoms. The lowest BCUT2D eigenvalue weighted by Crippen LogP contribution is -2.49. The SMILES string of the molecule is C=C(/C=C(\C=C/N)C1CC(C(c2ccc(Cl)cc2)N2CCN(C(C)=O)CC2)=C(c2nnc[nH]2)S1)NC(C)=O. The van der Waals surface area contributed by atoms with Gasteiger partial charge >= 0.3 is 0 Å². The smallest absolute Gasteiger partial charge is 0.221 e. The van der Waals surface area contributed by atoms with E-state index in [1.54, 1.807) is 25.0 Å². The molecule has 0 radical (unpaired) electrons. The molecular weight excluding hydrogens is 522 g/mol. The molecule has 1 fully saturated rings. The zero-order valence-corrected chi connectivity index (χ0v) is 23.1. The number of carbonyl (C=O) groups is 2. The average molecular weight is 554 g/mol. The molecule has 2 unspecified atom stereocenters. The molecule has 1 aromatic carbocycles. The number of H-pyrrole nitrogens is 1. The van der Waals surface area contributed by atoms with Crippen LogP contribution in [-0.2, 0) is 9.59 Å². The van der Waals surface area contributed by atoms with Gasteiger partial charge in [0.2, 0.25) is 11.8 Å². The molecule has 0 saturated carbocycles. The Morgan fingerprint density at radius 1 is 1.24 bits per heavy atom. The molecule has 0 aliphatic carbocycles. The Morgan fingerprint density at radius 3 is 2.53 bits per heavy atom. The molecule has 2 atom stereocenters. The van der Waals surface area contributed by atoms with Crippen molar-refractivity contribution in [2.24, 2.45) is 5.73 Å². The first-order chi connectivity index (χ1) is 18.3. The summed E-state index contributed by atoms with van der Waals surface area (Å²) in [6, 6.07) is 7.87. The molecule has 2 aliphatic heterocycles. The minimum atomic E-state index is -0.185. The van der Waals surface area contributed by atoms with Gasteiger partial charge in [0.15, 0.2) is 5.82 Å². The molecule has 9 nitrogen and oxygen atoms in total. The third kappa shape index (κ3) is 6.56. The summed E-state index contributed by atoms with van der Waals surface area (Å²) >= 11 is 7.93. The molecule has 0 spiro atoms. The highest BCUT2D eigenvalue weighted by molar-refractivity contribution is 8.09. The number of carbonyl (C=O) groups excluding carboxylic acids is 2. The van der Waals surface area contributed by atoms with Crippen LogP contribution in [0.25, 0.3) is 4.91 Å². The molecule has 4 N–H and O–H groups in total. The summed E-state index contributed by atoms with van der Waals surface area (Å²) in [5, 5.41) is 11.8. The van der Waals surface area contributed by atoms with Crippen LogP contribution in [0.4, 0.5) is 0 Å². The molecule has 3 heterocycles. The van der Waals surface area contributed by atoms with Gasteiger partial charge in [0.25, 0.3) is 0 Å². The number of nitrogens with zero attached hydrogens (tertiary/aromatic N) is 4. The van der Waals surface area contributed by atoms with E-state index in [-0.39, 0.29) is 23.1 Å². The number of benzene rings is 1. The number of nitrogens with one attached hydrogen (secondary N) is 2. The van der Waals surface area contributed by atoms with Crippen LogP contribution in [0.5, 0.6) is 0 Å². The van der Waals surface area contributed by atoms with Crippen molar-refractivity contribution < 1.29 is 9.59 Å². The molecule has 1 aromatic heterocycles. The van der Waals surface area contributed by atoms with Crippen molar-refractivity contribution in [3.05, 3.63) is 88.8 Å². The van der Waals surface area contributed by atoms with Gasteiger partial charge in [-0.2, -0.15) is 0 Å². The number of thioether (sulfide) groups is 1. The highest BCUT2D eigenvalue weighted by Gasteiger charge is 2.37. The fourth-order valence-electron chi connectivity index (χ4n) is 4.89. The Kier molecular flexibility index (Phi) is 9.09. The van der Waals surface area contributed by atoms with Gasteiger partial charge in [0.1, 0.15) is 6.33 Å². The predicted molar refractivity (Wildman–Crippen MR) is 152 cm³/mol. The summed E-state index contributed by atoms with van der Waals surface area (Å²) in [5.41, 5.74) is 9.54. The summed E-state index contributed by atoms with van der Waals surface area (Å²) < 4.78 is 0. The normalized spacial score (nSPS) is 19.7. The summed E-state index contributed by atoms with van der Waals surface area (Å²) in [4.78, 5) is 32.0. The topological polar surface area (TPSA) is 120 Å². The van der Waals surface area contributed by atoms with Crippen LogP contribution in [0.3, 0.4) is 0 Å². The van der Waals surface area contributed by atoms with E-state index >= 15 is 0 Å². The predicted octanol–water partition coefficient (Wildman–Crippen LogP) is 3.63. The first kappa shape index (κ1) is 27.7. The van der Waals surface area contributed by atoms with E-state index in [9.17, 15) is 9.59 Å². The zero-order chi connectivity index (χ0) is 27.2. The first-order valence-corrected chi connectivity index (χ1v) is 13.6. The summed E-state index contributed by atoms with van der Waals surface area (Å²) in [5.74, 6) is 0.606. The van der Waals surface area contributed by atoms with Crippen molar-refractivity contribution in [3.63, 3.8) is 0 Å². The van der Waals surface area contributed by atoms with Gasteiger partial charge in [-0.15, -0.1) is 22.0 Å². The van der Waals surface area contributed by atoms with Crippen LogP contribution in [0.15, 0.2) is 72.4 Å². The van der Waals surface area contributed by atoms with Crippen molar-refractivity contribution in [2.45, 2.75) is 31.6 Å². The fraction of sp³-hybridized carbons (Fsp3) is 0.333. The van der Waals surface area contributed by atoms with Gasteiger partial charge in [0.05, 0.1) is 10.9 Å². The Balaban J connectivity index is 1.74. The number of piperazine rings is 1. The van der Waals surface area contributed by atoms with Gasteiger partial charge < -0.3 is 20.9 Å². The van der Waals surface area contributed by atoms with Crippen molar-refractivity contribution in [1.29, 1.82) is 0 Å². The minimum absolute atomic E-state index is 0.00344. The highest BCUT2D eigenvalue weighted by Crippen LogP contribution is 2.51. The number of halogens is 1. The average Bonchev–Trinajstić information content (AvgIpc) is 3.55. The quantitative estimate of drug-likeness (QED) is 0.427. The molecule has 2 aliphatic rings. The number of aromatic amines is 1. The lowest BCUT2D eigenvalue weighted by molar-refractivity contribution is -0.130. The van der Waals surface area contributed by atoms with Crippen LogP contribution in [0.2, 0.25) is 5.02 Å². The van der Waals surface area contributed by atoms with Crippen LogP contribution < -0.4 is 11.1 Å². The van der Waals surface area contributed by atoms with Crippen molar-refractivity contribution in [2.75, 3.05) is 26.2 Å². The third-order valence-electron chi connectivity index (χ3n) is 6.57. The molecule has 2 amide bonds. The van der Waals surface area contributed by atoms with Crippen molar-refractivity contribution in [3.8, 4) is 0 Å². The van der Waals surface area contributed by atoms with E-state index in [4.69, 9.17) is 17.3 Å². The number of rotatable bonds is 8. The Hall–Kier alpha value is -3.34. The lowest BCUT2D eigenvalue weighted by atomic mass is 9.91. The summed E-state index contributed by atoms with van der Waals surface area (Å²) in [7, 11) is 0. The van der Waals surface area contributed by atoms with Gasteiger partial charge in [0, 0.05) is 56.0 Å². The first-order valence-electron chi connectivity index (χ1n) is 12.3. The second kappa shape index (κ2) is 12.5. The molecular formula is C27H32ClN7O2S. The second-order valence-electron chi connectivity index (χ2n) is 9.21. The maximum Gasteiger partial charge on any atom is 0.221 e. The van der Waals surface area contributed by atoms with Crippen molar-refractivity contribution in [1.82, 2.24) is 30.3 Å². The number of hydrogen-bond donors (Lipinski definition) is 3. The summed E-state index contributed by atoms with van der Waals surface area (Å²) in [6.45, 7) is 9.84. The highest BCUT2D eigenvalue weighted by atomic mass is 35.5. The molecule has 200 valence electrons. The Labute approximate surface area is 231 Å². The van der Waals surface area contributed by atoms with Crippen LogP contribution >= 0.6 is 23.4 Å². The van der Waals surface area contributed by atoms with Gasteiger partial charge in [-0.25, -0.2) is 0 Å². The molecule has 2 aromatic rings. The van der Waals surface area contributed by atoms with Gasteiger partial charge in [-0.1, -0.05) is 30.3 Å². The van der Waals surface area contributed by atoms with Crippen LogP contribution in [0, 0.1) is 0 Å². The Bertz CT molecular complexity index is 1260. The monoisotopic (exact) mass is 553 g/mol. The number of amides is 2. The molecule has 11 heteroatoms.